The van der Waals surface area contributed by atoms with Crippen molar-refractivity contribution < 1.29 is 13.2 Å². The second-order valence-corrected chi connectivity index (χ2v) is 4.28. The molecule has 1 nitrogen and oxygen atoms in total. The summed E-state index contributed by atoms with van der Waals surface area (Å²) in [6, 6.07) is 0. The summed E-state index contributed by atoms with van der Waals surface area (Å²) in [5.74, 6) is 0.320. The molecule has 0 saturated heterocycles. The van der Waals surface area contributed by atoms with E-state index in [0.717, 1.165) is 19.3 Å². The Bertz CT molecular complexity index is 163. The van der Waals surface area contributed by atoms with Gasteiger partial charge >= 0.3 is 6.18 Å². The third-order valence-electron chi connectivity index (χ3n) is 2.90. The first-order valence-corrected chi connectivity index (χ1v) is 5.22. The summed E-state index contributed by atoms with van der Waals surface area (Å²) in [4.78, 5) is 0. The zero-order valence-electron chi connectivity index (χ0n) is 8.53. The van der Waals surface area contributed by atoms with Crippen LogP contribution in [0.1, 0.15) is 32.1 Å². The molecular weight excluding hydrogens is 191 g/mol. The summed E-state index contributed by atoms with van der Waals surface area (Å²) in [6.45, 7) is 0.482. The maximum absolute atomic E-state index is 12.2. The molecule has 1 aliphatic rings. The molecule has 1 saturated carbocycles. The third kappa shape index (κ3) is 4.31. The van der Waals surface area contributed by atoms with E-state index in [1.165, 1.54) is 6.42 Å². The summed E-state index contributed by atoms with van der Waals surface area (Å²) in [7, 11) is 1.71. The fourth-order valence-electron chi connectivity index (χ4n) is 2.05. The first kappa shape index (κ1) is 11.8. The van der Waals surface area contributed by atoms with E-state index in [0.29, 0.717) is 12.5 Å². The van der Waals surface area contributed by atoms with Crippen molar-refractivity contribution in [2.75, 3.05) is 13.6 Å². The van der Waals surface area contributed by atoms with E-state index in [-0.39, 0.29) is 5.92 Å². The van der Waals surface area contributed by atoms with Crippen molar-refractivity contribution in [2.24, 2.45) is 11.8 Å². The smallest absolute Gasteiger partial charge is 0.319 e. The second-order valence-electron chi connectivity index (χ2n) is 4.28. The number of halogens is 3. The average Bonchev–Trinajstić information content (AvgIpc) is 1.94. The van der Waals surface area contributed by atoms with E-state index in [1.54, 1.807) is 7.05 Å². The van der Waals surface area contributed by atoms with Crippen molar-refractivity contribution in [3.63, 3.8) is 0 Å². The Hall–Kier alpha value is -0.250. The largest absolute Gasteiger partial charge is 0.389 e. The van der Waals surface area contributed by atoms with Crippen LogP contribution >= 0.6 is 0 Å². The predicted molar refractivity (Wildman–Crippen MR) is 50.0 cm³/mol. The van der Waals surface area contributed by atoms with Gasteiger partial charge in [0.2, 0.25) is 0 Å². The highest BCUT2D eigenvalue weighted by atomic mass is 19.4. The van der Waals surface area contributed by atoms with Crippen molar-refractivity contribution in [3.8, 4) is 0 Å². The fraction of sp³-hybridized carbons (Fsp3) is 1.00. The molecule has 0 radical (unpaired) electrons. The van der Waals surface area contributed by atoms with Gasteiger partial charge < -0.3 is 5.32 Å². The van der Waals surface area contributed by atoms with Crippen LogP contribution in [0.3, 0.4) is 0 Å². The van der Waals surface area contributed by atoms with Crippen LogP contribution in [-0.4, -0.2) is 19.8 Å². The van der Waals surface area contributed by atoms with Gasteiger partial charge in [-0.3, -0.25) is 0 Å². The van der Waals surface area contributed by atoms with Crippen molar-refractivity contribution in [2.45, 2.75) is 38.3 Å². The Morgan fingerprint density at radius 3 is 2.36 bits per heavy atom. The number of nitrogens with one attached hydrogen (secondary N) is 1. The fourth-order valence-corrected chi connectivity index (χ4v) is 2.05. The average molecular weight is 209 g/mol. The topological polar surface area (TPSA) is 12.0 Å². The van der Waals surface area contributed by atoms with Crippen molar-refractivity contribution >= 4 is 0 Å². The van der Waals surface area contributed by atoms with Gasteiger partial charge in [0.05, 0.1) is 0 Å². The molecule has 0 amide bonds. The Kier molecular flexibility index (Phi) is 4.23. The van der Waals surface area contributed by atoms with Gasteiger partial charge in [-0.2, -0.15) is 13.2 Å². The summed E-state index contributed by atoms with van der Waals surface area (Å²) in [5, 5.41) is 2.84. The monoisotopic (exact) mass is 209 g/mol. The van der Waals surface area contributed by atoms with Crippen LogP contribution in [0.4, 0.5) is 13.2 Å². The molecule has 1 atom stereocenters. The van der Waals surface area contributed by atoms with Crippen LogP contribution in [-0.2, 0) is 0 Å². The zero-order chi connectivity index (χ0) is 10.6. The molecule has 1 N–H and O–H groups in total. The van der Waals surface area contributed by atoms with Crippen molar-refractivity contribution in [1.82, 2.24) is 5.32 Å². The molecule has 0 heterocycles. The molecule has 0 aliphatic heterocycles. The van der Waals surface area contributed by atoms with Crippen LogP contribution in [0.25, 0.3) is 0 Å². The van der Waals surface area contributed by atoms with E-state index in [4.69, 9.17) is 0 Å². The van der Waals surface area contributed by atoms with Crippen molar-refractivity contribution in [1.29, 1.82) is 0 Å². The molecule has 0 spiro atoms. The number of rotatable bonds is 5. The summed E-state index contributed by atoms with van der Waals surface area (Å²) < 4.78 is 36.5. The quantitative estimate of drug-likeness (QED) is 0.734. The number of hydrogen-bond acceptors (Lipinski definition) is 1. The van der Waals surface area contributed by atoms with Crippen molar-refractivity contribution in [3.05, 3.63) is 0 Å². The molecule has 14 heavy (non-hydrogen) atoms. The van der Waals surface area contributed by atoms with Crippen LogP contribution in [0.2, 0.25) is 0 Å². The molecule has 0 aromatic rings. The Morgan fingerprint density at radius 2 is 2.00 bits per heavy atom. The van der Waals surface area contributed by atoms with Gasteiger partial charge in [-0.15, -0.1) is 0 Å². The Balaban J connectivity index is 2.29. The SMILES string of the molecule is CNC[C@@H](CC1CCC1)CC(F)(F)F. The number of alkyl halides is 3. The summed E-state index contributed by atoms with van der Waals surface area (Å²) in [6.07, 6.45) is -0.463. The second kappa shape index (κ2) is 5.01. The minimum atomic E-state index is -4.01. The minimum absolute atomic E-state index is 0.231. The van der Waals surface area contributed by atoms with E-state index >= 15 is 0 Å². The molecule has 4 heteroatoms. The molecule has 1 aliphatic carbocycles. The van der Waals surface area contributed by atoms with E-state index < -0.39 is 12.6 Å². The first-order chi connectivity index (χ1) is 6.51. The standard InChI is InChI=1S/C10H18F3N/c1-14-7-9(6-10(11,12)13)5-8-3-2-4-8/h8-9,14H,2-7H2,1H3/t9-/m0/s1. The maximum atomic E-state index is 12.2. The summed E-state index contributed by atoms with van der Waals surface area (Å²) >= 11 is 0. The van der Waals surface area contributed by atoms with Crippen LogP contribution in [0.15, 0.2) is 0 Å². The molecule has 0 unspecified atom stereocenters. The van der Waals surface area contributed by atoms with Gasteiger partial charge in [0.25, 0.3) is 0 Å². The third-order valence-corrected chi connectivity index (χ3v) is 2.90. The van der Waals surface area contributed by atoms with E-state index in [1.807, 2.05) is 0 Å². The van der Waals surface area contributed by atoms with Crippen LogP contribution in [0, 0.1) is 11.8 Å². The Morgan fingerprint density at radius 1 is 1.36 bits per heavy atom. The molecule has 1 rings (SSSR count). The van der Waals surface area contributed by atoms with Crippen LogP contribution < -0.4 is 5.32 Å². The molecule has 0 bridgehead atoms. The van der Waals surface area contributed by atoms with E-state index in [2.05, 4.69) is 5.32 Å². The zero-order valence-corrected chi connectivity index (χ0v) is 8.53. The normalized spacial score (nSPS) is 20.6. The van der Waals surface area contributed by atoms with Gasteiger partial charge in [0.1, 0.15) is 0 Å². The molecule has 0 aromatic heterocycles. The molecule has 0 aromatic carbocycles. The van der Waals surface area contributed by atoms with Gasteiger partial charge in [0.15, 0.2) is 0 Å². The first-order valence-electron chi connectivity index (χ1n) is 5.22. The van der Waals surface area contributed by atoms with Crippen LogP contribution in [0.5, 0.6) is 0 Å². The highest BCUT2D eigenvalue weighted by Crippen LogP contribution is 2.35. The van der Waals surface area contributed by atoms with E-state index in [9.17, 15) is 13.2 Å². The maximum Gasteiger partial charge on any atom is 0.389 e. The molecular formula is C10H18F3N. The van der Waals surface area contributed by atoms with Gasteiger partial charge in [-0.05, 0) is 31.8 Å². The lowest BCUT2D eigenvalue weighted by atomic mass is 9.78. The lowest BCUT2D eigenvalue weighted by Gasteiger charge is -2.30. The Labute approximate surface area is 83.1 Å². The molecule has 84 valence electrons. The van der Waals surface area contributed by atoms with Gasteiger partial charge in [0, 0.05) is 6.42 Å². The molecule has 1 fully saturated rings. The van der Waals surface area contributed by atoms with Gasteiger partial charge in [-0.25, -0.2) is 0 Å². The summed E-state index contributed by atoms with van der Waals surface area (Å²) in [5.41, 5.74) is 0. The lowest BCUT2D eigenvalue weighted by molar-refractivity contribution is -0.145. The van der Waals surface area contributed by atoms with Gasteiger partial charge in [-0.1, -0.05) is 19.3 Å². The predicted octanol–water partition coefficient (Wildman–Crippen LogP) is 2.96. The minimum Gasteiger partial charge on any atom is -0.319 e. The highest BCUT2D eigenvalue weighted by Gasteiger charge is 2.33. The highest BCUT2D eigenvalue weighted by molar-refractivity contribution is 4.76. The number of hydrogen-bond donors (Lipinski definition) is 1. The lowest BCUT2D eigenvalue weighted by Crippen LogP contribution is -2.28.